The van der Waals surface area contributed by atoms with Crippen molar-refractivity contribution in [3.05, 3.63) is 212 Å². The van der Waals surface area contributed by atoms with Gasteiger partial charge in [0, 0.05) is 44.3 Å². The molecule has 0 aliphatic carbocycles. The van der Waals surface area contributed by atoms with Gasteiger partial charge in [0.1, 0.15) is 0 Å². The van der Waals surface area contributed by atoms with Crippen LogP contribution in [0.3, 0.4) is 0 Å². The number of aromatic nitrogens is 2. The highest BCUT2D eigenvalue weighted by atomic mass is 15.1. The fourth-order valence-corrected chi connectivity index (χ4v) is 8.61. The number of nitrogens with zero attached hydrogens (tertiary/aromatic N) is 3. The summed E-state index contributed by atoms with van der Waals surface area (Å²) in [5.74, 6) is 0. The molecule has 0 radical (unpaired) electrons. The molecule has 258 valence electrons. The molecule has 0 aliphatic heterocycles. The normalized spacial score (nSPS) is 11.6. The molecule has 0 saturated heterocycles. The Hall–Kier alpha value is -7.36. The number of rotatable bonds is 6. The van der Waals surface area contributed by atoms with Crippen LogP contribution < -0.4 is 4.90 Å². The first-order chi connectivity index (χ1) is 27.3. The smallest absolute Gasteiger partial charge is 0.0562 e. The summed E-state index contributed by atoms with van der Waals surface area (Å²) >= 11 is 0. The summed E-state index contributed by atoms with van der Waals surface area (Å²) in [6.45, 7) is 0. The Morgan fingerprint density at radius 2 is 0.909 bits per heavy atom. The molecule has 0 amide bonds. The number of fused-ring (bicyclic) bond motifs is 7. The first-order valence-corrected chi connectivity index (χ1v) is 18.9. The molecule has 0 atom stereocenters. The van der Waals surface area contributed by atoms with Crippen LogP contribution in [0.4, 0.5) is 17.1 Å². The summed E-state index contributed by atoms with van der Waals surface area (Å²) in [6, 6.07) is 76.9. The third-order valence-electron chi connectivity index (χ3n) is 11.0. The molecule has 0 unspecified atom stereocenters. The standard InChI is InChI=1S/C52H35N3/c1-3-18-40(19-4-1)53(49-27-14-28-50-52(49)46-24-10-12-26-48(46)54(50)41-20-5-2-6-21-41)42-22-13-17-38(34-42)39-30-32-45-44-23-9-11-25-47(44)55(51(45)35-39)43-31-29-36-15-7-8-16-37(36)33-43/h1-35H. The molecule has 3 heteroatoms. The van der Waals surface area contributed by atoms with E-state index in [1.54, 1.807) is 0 Å². The third kappa shape index (κ3) is 5.05. The Bertz CT molecular complexity index is 3210. The summed E-state index contributed by atoms with van der Waals surface area (Å²) in [4.78, 5) is 2.41. The fourth-order valence-electron chi connectivity index (χ4n) is 8.61. The van der Waals surface area contributed by atoms with E-state index < -0.39 is 0 Å². The van der Waals surface area contributed by atoms with Crippen LogP contribution in [0.1, 0.15) is 0 Å². The lowest BCUT2D eigenvalue weighted by molar-refractivity contribution is 1.18. The monoisotopic (exact) mass is 701 g/mol. The number of hydrogen-bond acceptors (Lipinski definition) is 1. The Balaban J connectivity index is 1.11. The summed E-state index contributed by atoms with van der Waals surface area (Å²) in [7, 11) is 0. The van der Waals surface area contributed by atoms with Gasteiger partial charge in [0.25, 0.3) is 0 Å². The van der Waals surface area contributed by atoms with Gasteiger partial charge in [-0.3, -0.25) is 0 Å². The maximum absolute atomic E-state index is 2.42. The van der Waals surface area contributed by atoms with Gasteiger partial charge in [-0.25, -0.2) is 0 Å². The minimum atomic E-state index is 1.10. The highest BCUT2D eigenvalue weighted by Crippen LogP contribution is 2.45. The molecule has 2 aromatic heterocycles. The SMILES string of the molecule is c1ccc(N(c2cccc(-c3ccc4c5ccccc5n(-c5ccc6ccccc6c5)c4c3)c2)c2cccc3c2c2ccccc2n3-c2ccccc2)cc1. The lowest BCUT2D eigenvalue weighted by atomic mass is 10.0. The molecular weight excluding hydrogens is 667 g/mol. The van der Waals surface area contributed by atoms with Gasteiger partial charge in [0.2, 0.25) is 0 Å². The molecular formula is C52H35N3. The lowest BCUT2D eigenvalue weighted by Crippen LogP contribution is -2.10. The van der Waals surface area contributed by atoms with Crippen molar-refractivity contribution in [1.29, 1.82) is 0 Å². The molecule has 0 aliphatic rings. The van der Waals surface area contributed by atoms with Gasteiger partial charge in [0.05, 0.1) is 27.8 Å². The molecule has 2 heterocycles. The topological polar surface area (TPSA) is 13.1 Å². The van der Waals surface area contributed by atoms with Crippen molar-refractivity contribution in [2.75, 3.05) is 4.90 Å². The molecule has 0 bridgehead atoms. The van der Waals surface area contributed by atoms with E-state index in [0.29, 0.717) is 0 Å². The molecule has 0 saturated carbocycles. The number of para-hydroxylation sites is 4. The second-order valence-corrected chi connectivity index (χ2v) is 14.2. The van der Waals surface area contributed by atoms with Crippen LogP contribution in [-0.4, -0.2) is 9.13 Å². The average Bonchev–Trinajstić information content (AvgIpc) is 3.77. The molecule has 3 nitrogen and oxygen atoms in total. The van der Waals surface area contributed by atoms with Gasteiger partial charge in [-0.05, 0) is 101 Å². The summed E-state index contributed by atoms with van der Waals surface area (Å²) in [6.07, 6.45) is 0. The van der Waals surface area contributed by atoms with E-state index in [4.69, 9.17) is 0 Å². The van der Waals surface area contributed by atoms with Gasteiger partial charge in [0.15, 0.2) is 0 Å². The molecule has 11 aromatic rings. The van der Waals surface area contributed by atoms with Crippen LogP contribution in [0.15, 0.2) is 212 Å². The minimum Gasteiger partial charge on any atom is -0.310 e. The maximum atomic E-state index is 2.42. The van der Waals surface area contributed by atoms with Crippen LogP contribution in [-0.2, 0) is 0 Å². The zero-order chi connectivity index (χ0) is 36.3. The molecule has 55 heavy (non-hydrogen) atoms. The van der Waals surface area contributed by atoms with E-state index in [9.17, 15) is 0 Å². The fraction of sp³-hybridized carbons (Fsp3) is 0. The van der Waals surface area contributed by atoms with Gasteiger partial charge >= 0.3 is 0 Å². The van der Waals surface area contributed by atoms with E-state index in [-0.39, 0.29) is 0 Å². The second kappa shape index (κ2) is 12.6. The van der Waals surface area contributed by atoms with E-state index in [1.807, 2.05) is 0 Å². The van der Waals surface area contributed by atoms with E-state index in [0.717, 1.165) is 34.0 Å². The molecule has 0 N–H and O–H groups in total. The quantitative estimate of drug-likeness (QED) is 0.168. The Labute approximate surface area is 319 Å². The van der Waals surface area contributed by atoms with Gasteiger partial charge in [-0.15, -0.1) is 0 Å². The van der Waals surface area contributed by atoms with Crippen LogP contribution in [0.25, 0.3) is 76.9 Å². The Morgan fingerprint density at radius 3 is 1.75 bits per heavy atom. The van der Waals surface area contributed by atoms with Crippen LogP contribution >= 0.6 is 0 Å². The van der Waals surface area contributed by atoms with Gasteiger partial charge in [-0.1, -0.05) is 133 Å². The van der Waals surface area contributed by atoms with Gasteiger partial charge < -0.3 is 14.0 Å². The van der Waals surface area contributed by atoms with E-state index in [2.05, 4.69) is 226 Å². The van der Waals surface area contributed by atoms with Crippen molar-refractivity contribution in [1.82, 2.24) is 9.13 Å². The van der Waals surface area contributed by atoms with Crippen molar-refractivity contribution in [3.8, 4) is 22.5 Å². The van der Waals surface area contributed by atoms with E-state index >= 15 is 0 Å². The molecule has 0 fully saturated rings. The minimum absolute atomic E-state index is 1.10. The van der Waals surface area contributed by atoms with Crippen LogP contribution in [0.5, 0.6) is 0 Å². The predicted octanol–water partition coefficient (Wildman–Crippen LogP) is 14.2. The van der Waals surface area contributed by atoms with Crippen molar-refractivity contribution < 1.29 is 0 Å². The molecule has 11 rings (SSSR count). The first-order valence-electron chi connectivity index (χ1n) is 18.9. The zero-order valence-electron chi connectivity index (χ0n) is 30.0. The summed E-state index contributed by atoms with van der Waals surface area (Å²) < 4.78 is 4.81. The van der Waals surface area contributed by atoms with Crippen molar-refractivity contribution in [2.45, 2.75) is 0 Å². The number of hydrogen-bond donors (Lipinski definition) is 0. The number of benzene rings is 9. The van der Waals surface area contributed by atoms with Gasteiger partial charge in [-0.2, -0.15) is 0 Å². The molecule has 9 aromatic carbocycles. The average molecular weight is 702 g/mol. The zero-order valence-corrected chi connectivity index (χ0v) is 30.0. The third-order valence-corrected chi connectivity index (χ3v) is 11.0. The largest absolute Gasteiger partial charge is 0.310 e. The van der Waals surface area contributed by atoms with Crippen molar-refractivity contribution >= 4 is 71.4 Å². The van der Waals surface area contributed by atoms with Crippen molar-refractivity contribution in [2.24, 2.45) is 0 Å². The Morgan fingerprint density at radius 1 is 0.309 bits per heavy atom. The maximum Gasteiger partial charge on any atom is 0.0562 e. The van der Waals surface area contributed by atoms with Crippen molar-refractivity contribution in [3.63, 3.8) is 0 Å². The predicted molar refractivity (Wildman–Crippen MR) is 233 cm³/mol. The second-order valence-electron chi connectivity index (χ2n) is 14.2. The first kappa shape index (κ1) is 31.2. The Kier molecular flexibility index (Phi) is 7.17. The van der Waals surface area contributed by atoms with Crippen LogP contribution in [0, 0.1) is 0 Å². The number of anilines is 3. The molecule has 0 spiro atoms. The lowest BCUT2D eigenvalue weighted by Gasteiger charge is -2.27. The van der Waals surface area contributed by atoms with E-state index in [1.165, 1.54) is 59.9 Å². The summed E-state index contributed by atoms with van der Waals surface area (Å²) in [5, 5.41) is 7.42. The van der Waals surface area contributed by atoms with Crippen LogP contribution in [0.2, 0.25) is 0 Å². The highest BCUT2D eigenvalue weighted by molar-refractivity contribution is 6.17. The summed E-state index contributed by atoms with van der Waals surface area (Å²) in [5.41, 5.74) is 12.7. The highest BCUT2D eigenvalue weighted by Gasteiger charge is 2.21.